The van der Waals surface area contributed by atoms with Crippen molar-refractivity contribution in [2.45, 2.75) is 18.2 Å². The van der Waals surface area contributed by atoms with Crippen LogP contribution in [0.3, 0.4) is 0 Å². The minimum Gasteiger partial charge on any atom is -0.465 e. The molecule has 0 unspecified atom stereocenters. The summed E-state index contributed by atoms with van der Waals surface area (Å²) < 4.78 is 6.68. The first kappa shape index (κ1) is 18.4. The van der Waals surface area contributed by atoms with Crippen molar-refractivity contribution in [3.8, 4) is 0 Å². The second-order valence-corrected chi connectivity index (χ2v) is 7.78. The van der Waals surface area contributed by atoms with E-state index in [1.165, 1.54) is 23.1 Å². The van der Waals surface area contributed by atoms with Crippen molar-refractivity contribution in [1.82, 2.24) is 4.98 Å². The van der Waals surface area contributed by atoms with Gasteiger partial charge in [0.1, 0.15) is 0 Å². The molecule has 1 heterocycles. The number of aryl methyl sites for hydroxylation is 1. The third-order valence-corrected chi connectivity index (χ3v) is 5.77. The molecule has 0 saturated carbocycles. The van der Waals surface area contributed by atoms with Crippen LogP contribution in [-0.4, -0.2) is 29.2 Å². The van der Waals surface area contributed by atoms with E-state index in [4.69, 9.17) is 4.74 Å². The molecule has 26 heavy (non-hydrogen) atoms. The molecule has 0 aliphatic rings. The minimum absolute atomic E-state index is 0.135. The molecule has 0 spiro atoms. The lowest BCUT2D eigenvalue weighted by Crippen LogP contribution is -2.13. The molecule has 2 aromatic carbocycles. The molecule has 1 amide bonds. The summed E-state index contributed by atoms with van der Waals surface area (Å²) in [5.74, 6) is -0.142. The van der Waals surface area contributed by atoms with Gasteiger partial charge in [-0.2, -0.15) is 0 Å². The second kappa shape index (κ2) is 8.33. The van der Waals surface area contributed by atoms with Gasteiger partial charge in [-0.3, -0.25) is 9.59 Å². The van der Waals surface area contributed by atoms with Gasteiger partial charge in [-0.15, -0.1) is 11.3 Å². The molecule has 3 aromatic rings. The molecule has 3 rings (SSSR count). The van der Waals surface area contributed by atoms with Gasteiger partial charge in [-0.05, 0) is 43.7 Å². The number of thiazole rings is 1. The first-order valence-corrected chi connectivity index (χ1v) is 9.93. The second-order valence-electron chi connectivity index (χ2n) is 5.53. The zero-order chi connectivity index (χ0) is 18.5. The number of nitrogens with zero attached hydrogens (tertiary/aromatic N) is 1. The van der Waals surface area contributed by atoms with Gasteiger partial charge in [0.25, 0.3) is 5.91 Å². The molecular formula is C19H18N2O3S2. The molecule has 5 nitrogen and oxygen atoms in total. The van der Waals surface area contributed by atoms with Crippen LogP contribution in [0, 0.1) is 6.92 Å². The van der Waals surface area contributed by atoms with Crippen molar-refractivity contribution in [3.63, 3.8) is 0 Å². The summed E-state index contributed by atoms with van der Waals surface area (Å²) in [4.78, 5) is 28.4. The molecule has 1 aromatic heterocycles. The highest BCUT2D eigenvalue weighted by molar-refractivity contribution is 8.01. The van der Waals surface area contributed by atoms with Crippen LogP contribution in [0.4, 0.5) is 5.69 Å². The number of esters is 1. The summed E-state index contributed by atoms with van der Waals surface area (Å²) in [6, 6.07) is 13.1. The molecule has 7 heteroatoms. The Morgan fingerprint density at radius 1 is 1.23 bits per heavy atom. The molecule has 0 fully saturated rings. The lowest BCUT2D eigenvalue weighted by atomic mass is 10.1. The molecule has 0 aliphatic heterocycles. The zero-order valence-electron chi connectivity index (χ0n) is 14.4. The van der Waals surface area contributed by atoms with Crippen LogP contribution >= 0.6 is 23.1 Å². The highest BCUT2D eigenvalue weighted by Crippen LogP contribution is 2.31. The Morgan fingerprint density at radius 2 is 2.04 bits per heavy atom. The molecule has 0 bridgehead atoms. The average Bonchev–Trinajstić information content (AvgIpc) is 3.03. The topological polar surface area (TPSA) is 68.3 Å². The molecule has 0 atom stereocenters. The fourth-order valence-corrected chi connectivity index (χ4v) is 4.30. The largest absolute Gasteiger partial charge is 0.465 e. The Morgan fingerprint density at radius 3 is 2.81 bits per heavy atom. The van der Waals surface area contributed by atoms with Gasteiger partial charge < -0.3 is 10.1 Å². The summed E-state index contributed by atoms with van der Waals surface area (Å²) in [5.41, 5.74) is 3.15. The highest BCUT2D eigenvalue weighted by Gasteiger charge is 2.11. The van der Waals surface area contributed by atoms with Crippen LogP contribution in [0.15, 0.2) is 46.8 Å². The van der Waals surface area contributed by atoms with E-state index in [0.717, 1.165) is 25.8 Å². The molecule has 1 N–H and O–H groups in total. The number of anilines is 1. The molecule has 134 valence electrons. The van der Waals surface area contributed by atoms with Gasteiger partial charge in [0, 0.05) is 11.3 Å². The minimum atomic E-state index is -0.247. The number of hydrogen-bond acceptors (Lipinski definition) is 6. The van der Waals surface area contributed by atoms with E-state index in [-0.39, 0.29) is 17.6 Å². The Kier molecular flexibility index (Phi) is 5.90. The zero-order valence-corrected chi connectivity index (χ0v) is 16.1. The molecule has 0 saturated heterocycles. The van der Waals surface area contributed by atoms with Crippen molar-refractivity contribution in [2.24, 2.45) is 0 Å². The summed E-state index contributed by atoms with van der Waals surface area (Å²) in [6.45, 7) is 4.07. The van der Waals surface area contributed by atoms with Crippen molar-refractivity contribution in [3.05, 3.63) is 53.6 Å². The SMILES string of the molecule is CCOC(=O)CSc1nc2ccc(NC(=O)c3ccccc3C)cc2s1. The van der Waals surface area contributed by atoms with Crippen LogP contribution in [0.5, 0.6) is 0 Å². The fourth-order valence-electron chi connectivity index (χ4n) is 2.39. The Hall–Kier alpha value is -2.38. The van der Waals surface area contributed by atoms with Crippen LogP contribution < -0.4 is 5.32 Å². The van der Waals surface area contributed by atoms with Crippen LogP contribution in [0.2, 0.25) is 0 Å². The third-order valence-electron chi connectivity index (χ3n) is 3.64. The average molecular weight is 386 g/mol. The Bertz CT molecular complexity index is 953. The van der Waals surface area contributed by atoms with E-state index < -0.39 is 0 Å². The molecular weight excluding hydrogens is 368 g/mol. The predicted molar refractivity (Wildman–Crippen MR) is 106 cm³/mol. The number of amides is 1. The van der Waals surface area contributed by atoms with E-state index in [9.17, 15) is 9.59 Å². The number of benzene rings is 2. The quantitative estimate of drug-likeness (QED) is 0.499. The number of aromatic nitrogens is 1. The lowest BCUT2D eigenvalue weighted by molar-refractivity contribution is -0.139. The van der Waals surface area contributed by atoms with Crippen LogP contribution in [0.1, 0.15) is 22.8 Å². The standard InChI is InChI=1S/C19H18N2O3S2/c1-3-24-17(22)11-25-19-21-15-9-8-13(10-16(15)26-19)20-18(23)14-7-5-4-6-12(14)2/h4-10H,3,11H2,1-2H3,(H,20,23). The summed E-state index contributed by atoms with van der Waals surface area (Å²) in [6.07, 6.45) is 0. The van der Waals surface area contributed by atoms with E-state index in [1.807, 2.05) is 43.3 Å². The number of thioether (sulfide) groups is 1. The Labute approximate surface area is 159 Å². The maximum atomic E-state index is 12.4. The molecule has 0 radical (unpaired) electrons. The van der Waals surface area contributed by atoms with E-state index >= 15 is 0 Å². The van der Waals surface area contributed by atoms with Crippen molar-refractivity contribution >= 4 is 50.9 Å². The normalized spacial score (nSPS) is 10.7. The highest BCUT2D eigenvalue weighted by atomic mass is 32.2. The summed E-state index contributed by atoms with van der Waals surface area (Å²) in [5, 5.41) is 2.93. The molecule has 0 aliphatic carbocycles. The van der Waals surface area contributed by atoms with Crippen molar-refractivity contribution in [2.75, 3.05) is 17.7 Å². The van der Waals surface area contributed by atoms with Crippen molar-refractivity contribution < 1.29 is 14.3 Å². The number of rotatable bonds is 6. The van der Waals surface area contributed by atoms with Gasteiger partial charge >= 0.3 is 5.97 Å². The monoisotopic (exact) mass is 386 g/mol. The first-order valence-electron chi connectivity index (χ1n) is 8.13. The van der Waals surface area contributed by atoms with Gasteiger partial charge in [-0.1, -0.05) is 30.0 Å². The summed E-state index contributed by atoms with van der Waals surface area (Å²) in [7, 11) is 0. The Balaban J connectivity index is 1.72. The third kappa shape index (κ3) is 4.42. The number of nitrogens with one attached hydrogen (secondary N) is 1. The van der Waals surface area contributed by atoms with Gasteiger partial charge in [0.05, 0.1) is 22.6 Å². The van der Waals surface area contributed by atoms with Gasteiger partial charge in [0.15, 0.2) is 4.34 Å². The summed E-state index contributed by atoms with van der Waals surface area (Å²) >= 11 is 2.85. The fraction of sp³-hybridized carbons (Fsp3) is 0.211. The lowest BCUT2D eigenvalue weighted by Gasteiger charge is -2.07. The van der Waals surface area contributed by atoms with Crippen molar-refractivity contribution in [1.29, 1.82) is 0 Å². The number of fused-ring (bicyclic) bond motifs is 1. The van der Waals surface area contributed by atoms with E-state index in [1.54, 1.807) is 13.0 Å². The smallest absolute Gasteiger partial charge is 0.316 e. The van der Waals surface area contributed by atoms with Crippen LogP contribution in [0.25, 0.3) is 10.2 Å². The predicted octanol–water partition coefficient (Wildman–Crippen LogP) is 4.51. The van der Waals surface area contributed by atoms with Crippen LogP contribution in [-0.2, 0) is 9.53 Å². The van der Waals surface area contributed by atoms with E-state index in [2.05, 4.69) is 10.3 Å². The number of ether oxygens (including phenoxy) is 1. The van der Waals surface area contributed by atoms with Gasteiger partial charge in [-0.25, -0.2) is 4.98 Å². The van der Waals surface area contributed by atoms with Gasteiger partial charge in [0.2, 0.25) is 0 Å². The maximum Gasteiger partial charge on any atom is 0.316 e. The first-order chi connectivity index (χ1) is 12.6. The number of hydrogen-bond donors (Lipinski definition) is 1. The van der Waals surface area contributed by atoms with E-state index in [0.29, 0.717) is 12.2 Å². The number of carbonyl (C=O) groups is 2. The maximum absolute atomic E-state index is 12.4. The number of carbonyl (C=O) groups excluding carboxylic acids is 2.